The van der Waals surface area contributed by atoms with Crippen molar-refractivity contribution in [2.75, 3.05) is 58.6 Å². The first-order chi connectivity index (χ1) is 20.4. The number of rotatable bonds is 6. The van der Waals surface area contributed by atoms with Crippen molar-refractivity contribution < 1.29 is 26.8 Å². The Balaban J connectivity index is 1.07. The molecule has 4 heterocycles. The highest BCUT2D eigenvalue weighted by atomic mass is 32.2. The van der Waals surface area contributed by atoms with Gasteiger partial charge in [0.2, 0.25) is 5.91 Å². The smallest absolute Gasteiger partial charge is 0.320 e. The van der Waals surface area contributed by atoms with E-state index in [1.54, 1.807) is 29.2 Å². The first-order valence-electron chi connectivity index (χ1n) is 15.2. The number of sulfone groups is 1. The molecule has 232 valence electrons. The van der Waals surface area contributed by atoms with Crippen molar-refractivity contribution in [3.05, 3.63) is 65.7 Å². The molecule has 2 atom stereocenters. The molecule has 6 rings (SSSR count). The van der Waals surface area contributed by atoms with Gasteiger partial charge in [-0.2, -0.15) is 0 Å². The minimum Gasteiger partial charge on any atom is -0.338 e. The Bertz CT molecular complexity index is 1450. The third-order valence-corrected chi connectivity index (χ3v) is 11.1. The second-order valence-electron chi connectivity index (χ2n) is 13.0. The maximum atomic E-state index is 13.8. The third kappa shape index (κ3) is 6.29. The van der Waals surface area contributed by atoms with Crippen molar-refractivity contribution in [1.29, 1.82) is 0 Å². The van der Waals surface area contributed by atoms with Crippen LogP contribution in [0.15, 0.2) is 59.5 Å². The van der Waals surface area contributed by atoms with Gasteiger partial charge in [0.05, 0.1) is 16.9 Å². The maximum Gasteiger partial charge on any atom is 0.320 e. The van der Waals surface area contributed by atoms with Crippen molar-refractivity contribution in [2.24, 2.45) is 11.3 Å². The van der Waals surface area contributed by atoms with Gasteiger partial charge < -0.3 is 19.6 Å². The number of carbonyl (C=O) groups is 2. The molecular formula is C32H40F2N4O4S. The molecule has 2 aromatic carbocycles. The van der Waals surface area contributed by atoms with Gasteiger partial charge in [0.15, 0.2) is 9.84 Å². The molecule has 11 heteroatoms. The topological polar surface area (TPSA) is 81.2 Å². The van der Waals surface area contributed by atoms with Gasteiger partial charge in [0, 0.05) is 57.9 Å². The Hall–Kier alpha value is -3.05. The van der Waals surface area contributed by atoms with Crippen molar-refractivity contribution in [1.82, 2.24) is 19.6 Å². The Morgan fingerprint density at radius 2 is 1.56 bits per heavy atom. The van der Waals surface area contributed by atoms with Crippen molar-refractivity contribution >= 4 is 21.8 Å². The van der Waals surface area contributed by atoms with Crippen LogP contribution in [0.5, 0.6) is 0 Å². The number of hydrogen-bond acceptors (Lipinski definition) is 5. The van der Waals surface area contributed by atoms with E-state index in [9.17, 15) is 26.8 Å². The number of hydrogen-bond donors (Lipinski definition) is 0. The number of likely N-dealkylation sites (tertiary alicyclic amines) is 4. The van der Waals surface area contributed by atoms with Crippen LogP contribution in [0, 0.1) is 11.3 Å². The molecule has 0 aromatic heterocycles. The highest BCUT2D eigenvalue weighted by Gasteiger charge is 2.49. The van der Waals surface area contributed by atoms with E-state index in [4.69, 9.17) is 0 Å². The fraction of sp³-hybridized carbons (Fsp3) is 0.562. The molecule has 4 aliphatic rings. The summed E-state index contributed by atoms with van der Waals surface area (Å²) in [5.74, 6) is -2.33. The Morgan fingerprint density at radius 3 is 2.19 bits per heavy atom. The number of halogens is 2. The molecule has 8 nitrogen and oxygen atoms in total. The van der Waals surface area contributed by atoms with E-state index in [2.05, 4.69) is 17.0 Å². The zero-order chi connectivity index (χ0) is 30.4. The first kappa shape index (κ1) is 30.0. The Kier molecular flexibility index (Phi) is 8.00. The van der Waals surface area contributed by atoms with Crippen LogP contribution < -0.4 is 0 Å². The molecular weight excluding hydrogens is 574 g/mol. The number of carbonyl (C=O) groups excluding carboxylic acids is 2. The monoisotopic (exact) mass is 614 g/mol. The average Bonchev–Trinajstić information content (AvgIpc) is 3.66. The number of urea groups is 1. The molecule has 1 spiro atoms. The van der Waals surface area contributed by atoms with Crippen LogP contribution in [-0.4, -0.2) is 104 Å². The number of alkyl halides is 2. The summed E-state index contributed by atoms with van der Waals surface area (Å²) < 4.78 is 51.2. The van der Waals surface area contributed by atoms with Crippen LogP contribution in [0.2, 0.25) is 0 Å². The fourth-order valence-corrected chi connectivity index (χ4v) is 8.09. The van der Waals surface area contributed by atoms with Crippen molar-refractivity contribution in [3.63, 3.8) is 0 Å². The molecule has 43 heavy (non-hydrogen) atoms. The standard InChI is InChI=1S/C32H40F2N4O4S/c1-43(41,42)27-9-7-24(8-10-27)19-36-17-13-31(29(36)39)11-15-35(16-12-31)20-26-21-38(22-28(26)25-5-3-2-4-6-25)30(40)37-18-14-32(33,34)23-37/h2-10,26,28H,11-23H2,1H3/t26-,28?/m0/s1. The second kappa shape index (κ2) is 11.5. The number of nitrogens with zero attached hydrogens (tertiary/aromatic N) is 4. The van der Waals surface area contributed by atoms with Crippen LogP contribution in [-0.2, 0) is 21.2 Å². The Morgan fingerprint density at radius 1 is 0.884 bits per heavy atom. The molecule has 0 saturated carbocycles. The van der Waals surface area contributed by atoms with Gasteiger partial charge in [0.25, 0.3) is 5.92 Å². The van der Waals surface area contributed by atoms with Crippen LogP contribution in [0.3, 0.4) is 0 Å². The summed E-state index contributed by atoms with van der Waals surface area (Å²) in [4.78, 5) is 34.5. The molecule has 3 amide bonds. The summed E-state index contributed by atoms with van der Waals surface area (Å²) >= 11 is 0. The molecule has 0 aliphatic carbocycles. The predicted octanol–water partition coefficient (Wildman–Crippen LogP) is 4.08. The van der Waals surface area contributed by atoms with Gasteiger partial charge in [0.1, 0.15) is 0 Å². The molecule has 0 N–H and O–H groups in total. The van der Waals surface area contributed by atoms with Gasteiger partial charge in [-0.05, 0) is 61.5 Å². The molecule has 4 fully saturated rings. The lowest BCUT2D eigenvalue weighted by molar-refractivity contribution is -0.139. The minimum absolute atomic E-state index is 0.0915. The van der Waals surface area contributed by atoms with Crippen LogP contribution in [0.4, 0.5) is 13.6 Å². The van der Waals surface area contributed by atoms with Crippen LogP contribution in [0.1, 0.15) is 42.7 Å². The van der Waals surface area contributed by atoms with Crippen LogP contribution in [0.25, 0.3) is 0 Å². The SMILES string of the molecule is CS(=O)(=O)c1ccc(CN2CCC3(CCN(C[C@H]4CN(C(=O)N5CCC(F)(F)C5)CC4c4ccccc4)CC3)C2=O)cc1. The number of benzene rings is 2. The van der Waals surface area contributed by atoms with E-state index < -0.39 is 22.3 Å². The Labute approximate surface area is 252 Å². The maximum absolute atomic E-state index is 13.8. The molecule has 4 aliphatic heterocycles. The van der Waals surface area contributed by atoms with E-state index in [0.717, 1.165) is 50.0 Å². The van der Waals surface area contributed by atoms with Gasteiger partial charge >= 0.3 is 6.03 Å². The van der Waals surface area contributed by atoms with E-state index in [1.807, 2.05) is 23.1 Å². The lowest BCUT2D eigenvalue weighted by Gasteiger charge is -2.39. The summed E-state index contributed by atoms with van der Waals surface area (Å²) in [5.41, 5.74) is 1.72. The molecule has 2 aromatic rings. The minimum atomic E-state index is -3.26. The zero-order valence-electron chi connectivity index (χ0n) is 24.6. The highest BCUT2D eigenvalue weighted by molar-refractivity contribution is 7.90. The fourth-order valence-electron chi connectivity index (χ4n) is 7.45. The number of amides is 3. The summed E-state index contributed by atoms with van der Waals surface area (Å²) in [5, 5.41) is 0. The van der Waals surface area contributed by atoms with Gasteiger partial charge in [-0.3, -0.25) is 4.79 Å². The van der Waals surface area contributed by atoms with Crippen molar-refractivity contribution in [3.8, 4) is 0 Å². The molecule has 1 unspecified atom stereocenters. The number of piperidine rings is 1. The largest absolute Gasteiger partial charge is 0.338 e. The summed E-state index contributed by atoms with van der Waals surface area (Å²) in [6.07, 6.45) is 3.29. The second-order valence-corrected chi connectivity index (χ2v) is 15.0. The van der Waals surface area contributed by atoms with Gasteiger partial charge in [-0.25, -0.2) is 22.0 Å². The van der Waals surface area contributed by atoms with E-state index >= 15 is 0 Å². The van der Waals surface area contributed by atoms with E-state index in [-0.39, 0.29) is 47.1 Å². The molecule has 0 radical (unpaired) electrons. The lowest BCUT2D eigenvalue weighted by atomic mass is 9.76. The van der Waals surface area contributed by atoms with Crippen LogP contribution >= 0.6 is 0 Å². The highest BCUT2D eigenvalue weighted by Crippen LogP contribution is 2.43. The normalized spacial score (nSPS) is 25.7. The predicted molar refractivity (Wildman–Crippen MR) is 158 cm³/mol. The average molecular weight is 615 g/mol. The molecule has 0 bridgehead atoms. The zero-order valence-corrected chi connectivity index (χ0v) is 25.4. The summed E-state index contributed by atoms with van der Waals surface area (Å²) in [7, 11) is -3.26. The molecule has 4 saturated heterocycles. The van der Waals surface area contributed by atoms with Gasteiger partial charge in [-0.15, -0.1) is 0 Å². The van der Waals surface area contributed by atoms with E-state index in [1.165, 1.54) is 11.2 Å². The third-order valence-electron chi connectivity index (χ3n) is 10.0. The summed E-state index contributed by atoms with van der Waals surface area (Å²) in [6.45, 7) is 4.20. The van der Waals surface area contributed by atoms with Crippen molar-refractivity contribution in [2.45, 2.75) is 49.0 Å². The quantitative estimate of drug-likeness (QED) is 0.490. The first-order valence-corrected chi connectivity index (χ1v) is 17.1. The van der Waals surface area contributed by atoms with Gasteiger partial charge in [-0.1, -0.05) is 42.5 Å². The van der Waals surface area contributed by atoms with E-state index in [0.29, 0.717) is 26.2 Å². The lowest BCUT2D eigenvalue weighted by Crippen LogP contribution is -2.46. The summed E-state index contributed by atoms with van der Waals surface area (Å²) in [6, 6.07) is 16.6.